The molecule has 7 heteroatoms. The van der Waals surface area contributed by atoms with Crippen molar-refractivity contribution in [3.05, 3.63) is 28.2 Å². The molecule has 0 aromatic heterocycles. The summed E-state index contributed by atoms with van der Waals surface area (Å²) in [6.45, 7) is 6.16. The van der Waals surface area contributed by atoms with Gasteiger partial charge in [0, 0.05) is 16.6 Å². The van der Waals surface area contributed by atoms with Crippen LogP contribution in [0.4, 0.5) is 5.69 Å². The lowest BCUT2D eigenvalue weighted by Crippen LogP contribution is -2.36. The molecule has 1 aromatic rings. The molecule has 0 saturated carbocycles. The van der Waals surface area contributed by atoms with Crippen LogP contribution in [0.2, 0.25) is 0 Å². The number of rotatable bonds is 6. The normalized spacial score (nSPS) is 15.8. The zero-order chi connectivity index (χ0) is 17.5. The minimum Gasteiger partial charge on any atom is -0.347 e. The molecule has 2 rings (SSSR count). The number of carbonyl (C=O) groups excluding carboxylic acids is 2. The maximum Gasteiger partial charge on any atom is 0.243 e. The second-order valence-electron chi connectivity index (χ2n) is 6.56. The van der Waals surface area contributed by atoms with Gasteiger partial charge in [0.1, 0.15) is 0 Å². The van der Waals surface area contributed by atoms with E-state index in [1.165, 1.54) is 0 Å². The van der Waals surface area contributed by atoms with Gasteiger partial charge in [-0.2, -0.15) is 0 Å². The summed E-state index contributed by atoms with van der Waals surface area (Å²) < 4.78 is 1.00. The predicted octanol–water partition coefficient (Wildman–Crippen LogP) is 3.26. The topological polar surface area (TPSA) is 70.2 Å². The number of hydrogen-bond donors (Lipinski definition) is 3. The molecule has 5 nitrogen and oxygen atoms in total. The zero-order valence-corrected chi connectivity index (χ0v) is 17.1. The van der Waals surface area contributed by atoms with Crippen LogP contribution >= 0.6 is 28.3 Å². The van der Waals surface area contributed by atoms with Crippen molar-refractivity contribution in [1.29, 1.82) is 0 Å². The summed E-state index contributed by atoms with van der Waals surface area (Å²) in [4.78, 5) is 24.0. The molecule has 2 amide bonds. The molecule has 25 heavy (non-hydrogen) atoms. The van der Waals surface area contributed by atoms with Gasteiger partial charge in [-0.15, -0.1) is 12.4 Å². The molecule has 1 aliphatic heterocycles. The van der Waals surface area contributed by atoms with E-state index < -0.39 is 0 Å². The summed E-state index contributed by atoms with van der Waals surface area (Å²) in [5.41, 5.74) is 1.78. The van der Waals surface area contributed by atoms with Crippen molar-refractivity contribution in [2.75, 3.05) is 25.0 Å². The molecule has 0 radical (unpaired) electrons. The first-order valence-corrected chi connectivity index (χ1v) is 9.28. The van der Waals surface area contributed by atoms with Crippen LogP contribution in [0, 0.1) is 18.8 Å². The second kappa shape index (κ2) is 10.8. The summed E-state index contributed by atoms with van der Waals surface area (Å²) in [5, 5.41) is 8.86. The molecule has 3 N–H and O–H groups in total. The maximum absolute atomic E-state index is 12.0. The van der Waals surface area contributed by atoms with Gasteiger partial charge in [-0.3, -0.25) is 9.59 Å². The Morgan fingerprint density at radius 2 is 1.96 bits per heavy atom. The van der Waals surface area contributed by atoms with Crippen LogP contribution in [0.15, 0.2) is 22.7 Å². The van der Waals surface area contributed by atoms with Gasteiger partial charge in [-0.25, -0.2) is 0 Å². The van der Waals surface area contributed by atoms with Crippen LogP contribution in [-0.2, 0) is 9.59 Å². The molecule has 1 saturated heterocycles. The minimum atomic E-state index is -0.209. The van der Waals surface area contributed by atoms with E-state index in [0.29, 0.717) is 18.3 Å². The lowest BCUT2D eigenvalue weighted by molar-refractivity contribution is -0.125. The Morgan fingerprint density at radius 3 is 2.60 bits per heavy atom. The molecule has 1 unspecified atom stereocenters. The van der Waals surface area contributed by atoms with E-state index in [1.54, 1.807) is 0 Å². The fraction of sp³-hybridized carbons (Fsp3) is 0.556. The van der Waals surface area contributed by atoms with Crippen molar-refractivity contribution in [2.45, 2.75) is 33.1 Å². The Hall–Kier alpha value is -1.11. The van der Waals surface area contributed by atoms with E-state index in [-0.39, 0.29) is 30.8 Å². The van der Waals surface area contributed by atoms with Crippen molar-refractivity contribution in [1.82, 2.24) is 10.6 Å². The molecule has 1 aromatic carbocycles. The molecule has 0 bridgehead atoms. The number of carbonyl (C=O) groups is 2. The Kier molecular flexibility index (Phi) is 9.46. The number of hydrogen-bond acceptors (Lipinski definition) is 3. The third kappa shape index (κ3) is 7.34. The lowest BCUT2D eigenvalue weighted by atomic mass is 9.84. The number of benzene rings is 1. The van der Waals surface area contributed by atoms with Gasteiger partial charge >= 0.3 is 0 Å². The van der Waals surface area contributed by atoms with Gasteiger partial charge in [0.2, 0.25) is 11.8 Å². The van der Waals surface area contributed by atoms with Gasteiger partial charge in [0.05, 0.1) is 6.54 Å². The van der Waals surface area contributed by atoms with Crippen molar-refractivity contribution in [2.24, 2.45) is 11.8 Å². The molecule has 140 valence electrons. The second-order valence-corrected chi connectivity index (χ2v) is 7.41. The highest BCUT2D eigenvalue weighted by molar-refractivity contribution is 9.10. The first-order valence-electron chi connectivity index (χ1n) is 8.49. The van der Waals surface area contributed by atoms with Crippen LogP contribution in [0.5, 0.6) is 0 Å². The average Bonchev–Trinajstić information content (AvgIpc) is 2.57. The van der Waals surface area contributed by atoms with Gasteiger partial charge in [0.25, 0.3) is 0 Å². The summed E-state index contributed by atoms with van der Waals surface area (Å²) in [5.74, 6) is 0.684. The quantitative estimate of drug-likeness (QED) is 0.646. The van der Waals surface area contributed by atoms with Crippen LogP contribution in [0.25, 0.3) is 0 Å². The molecule has 1 heterocycles. The monoisotopic (exact) mass is 431 g/mol. The van der Waals surface area contributed by atoms with Crippen LogP contribution < -0.4 is 16.0 Å². The fourth-order valence-corrected chi connectivity index (χ4v) is 3.30. The molecule has 1 aliphatic rings. The highest BCUT2D eigenvalue weighted by atomic mass is 79.9. The van der Waals surface area contributed by atoms with Crippen molar-refractivity contribution >= 4 is 45.8 Å². The Balaban J connectivity index is 0.00000312. The zero-order valence-electron chi connectivity index (χ0n) is 14.7. The number of aryl methyl sites for hydroxylation is 1. The fourth-order valence-electron chi connectivity index (χ4n) is 3.05. The first-order chi connectivity index (χ1) is 11.5. The van der Waals surface area contributed by atoms with Gasteiger partial charge in [0.15, 0.2) is 0 Å². The SMILES string of the molecule is Cc1cc(NC(=O)CNC(=O)CC(C)C2CCNCC2)ccc1Br.Cl. The molecule has 1 fully saturated rings. The van der Waals surface area contributed by atoms with Crippen LogP contribution in [-0.4, -0.2) is 31.4 Å². The van der Waals surface area contributed by atoms with E-state index in [2.05, 4.69) is 38.8 Å². The van der Waals surface area contributed by atoms with E-state index in [0.717, 1.165) is 41.7 Å². The largest absolute Gasteiger partial charge is 0.347 e. The van der Waals surface area contributed by atoms with Crippen molar-refractivity contribution < 1.29 is 9.59 Å². The molecule has 0 aliphatic carbocycles. The molecule has 0 spiro atoms. The third-order valence-corrected chi connectivity index (χ3v) is 5.47. The van der Waals surface area contributed by atoms with E-state index in [4.69, 9.17) is 0 Å². The Bertz CT molecular complexity index is 592. The smallest absolute Gasteiger partial charge is 0.243 e. The number of halogens is 2. The van der Waals surface area contributed by atoms with E-state index in [1.807, 2.05) is 25.1 Å². The lowest BCUT2D eigenvalue weighted by Gasteiger charge is -2.27. The maximum atomic E-state index is 12.0. The number of nitrogens with one attached hydrogen (secondary N) is 3. The number of anilines is 1. The standard InChI is InChI=1S/C18H26BrN3O2.ClH/c1-12(14-5-7-20-8-6-14)10-17(23)21-11-18(24)22-15-3-4-16(19)13(2)9-15;/h3-4,9,12,14,20H,5-8,10-11H2,1-2H3,(H,21,23)(H,22,24);1H. The third-order valence-electron chi connectivity index (χ3n) is 4.58. The number of amides is 2. The van der Waals surface area contributed by atoms with Crippen LogP contribution in [0.1, 0.15) is 31.7 Å². The first kappa shape index (κ1) is 21.9. The molecular formula is C18H27BrClN3O2. The average molecular weight is 433 g/mol. The van der Waals surface area contributed by atoms with E-state index >= 15 is 0 Å². The van der Waals surface area contributed by atoms with Gasteiger partial charge in [-0.05, 0) is 68.5 Å². The number of piperidine rings is 1. The summed E-state index contributed by atoms with van der Waals surface area (Å²) in [7, 11) is 0. The summed E-state index contributed by atoms with van der Waals surface area (Å²) in [6, 6.07) is 5.61. The molecular weight excluding hydrogens is 406 g/mol. The summed E-state index contributed by atoms with van der Waals surface area (Å²) >= 11 is 3.43. The highest BCUT2D eigenvalue weighted by Crippen LogP contribution is 2.24. The Morgan fingerprint density at radius 1 is 1.28 bits per heavy atom. The van der Waals surface area contributed by atoms with Gasteiger partial charge in [-0.1, -0.05) is 22.9 Å². The predicted molar refractivity (Wildman–Crippen MR) is 107 cm³/mol. The van der Waals surface area contributed by atoms with Gasteiger partial charge < -0.3 is 16.0 Å². The van der Waals surface area contributed by atoms with Crippen LogP contribution in [0.3, 0.4) is 0 Å². The summed E-state index contributed by atoms with van der Waals surface area (Å²) in [6.07, 6.45) is 2.73. The van der Waals surface area contributed by atoms with Crippen molar-refractivity contribution in [3.8, 4) is 0 Å². The van der Waals surface area contributed by atoms with E-state index in [9.17, 15) is 9.59 Å². The minimum absolute atomic E-state index is 0. The van der Waals surface area contributed by atoms with Crippen molar-refractivity contribution in [3.63, 3.8) is 0 Å². The highest BCUT2D eigenvalue weighted by Gasteiger charge is 2.22. The Labute approximate surface area is 164 Å². The molecule has 1 atom stereocenters.